The number of ether oxygens (including phenoxy) is 1. The van der Waals surface area contributed by atoms with Crippen molar-refractivity contribution in [1.29, 1.82) is 0 Å². The monoisotopic (exact) mass is 307 g/mol. The molecule has 2 aromatic rings. The molecule has 9 heteroatoms. The molecule has 0 fully saturated rings. The average Bonchev–Trinajstić information content (AvgIpc) is 2.77. The van der Waals surface area contributed by atoms with Gasteiger partial charge in [-0.3, -0.25) is 23.9 Å². The molecule has 0 amide bonds. The summed E-state index contributed by atoms with van der Waals surface area (Å²) in [5.74, 6) is -1.34. The molecule has 0 saturated heterocycles. The fourth-order valence-electron chi connectivity index (χ4n) is 1.96. The third kappa shape index (κ3) is 2.83. The molecule has 0 radical (unpaired) electrons. The highest BCUT2D eigenvalue weighted by Gasteiger charge is 2.24. The fraction of sp³-hybridized carbons (Fsp3) is 0.462. The fourth-order valence-corrected chi connectivity index (χ4v) is 1.96. The zero-order valence-electron chi connectivity index (χ0n) is 12.5. The summed E-state index contributed by atoms with van der Waals surface area (Å²) in [7, 11) is 0. The lowest BCUT2D eigenvalue weighted by molar-refractivity contribution is -0.143. The van der Waals surface area contributed by atoms with Crippen LogP contribution >= 0.6 is 0 Å². The number of H-pyrrole nitrogens is 1. The number of anilines is 1. The number of rotatable bonds is 5. The van der Waals surface area contributed by atoms with Crippen molar-refractivity contribution in [1.82, 2.24) is 19.5 Å². The lowest BCUT2D eigenvalue weighted by Crippen LogP contribution is -2.21. The second-order valence-electron chi connectivity index (χ2n) is 4.97. The van der Waals surface area contributed by atoms with Gasteiger partial charge >= 0.3 is 5.97 Å². The molecule has 0 bridgehead atoms. The van der Waals surface area contributed by atoms with Crippen LogP contribution in [0.15, 0.2) is 4.79 Å². The van der Waals surface area contributed by atoms with Gasteiger partial charge in [-0.15, -0.1) is 0 Å². The van der Waals surface area contributed by atoms with Gasteiger partial charge < -0.3 is 10.5 Å². The van der Waals surface area contributed by atoms with Gasteiger partial charge in [-0.2, -0.15) is 4.98 Å². The lowest BCUT2D eigenvalue weighted by atomic mass is 10.1. The number of carbonyl (C=O) groups excluding carboxylic acids is 2. The van der Waals surface area contributed by atoms with Crippen molar-refractivity contribution in [3.8, 4) is 0 Å². The van der Waals surface area contributed by atoms with Crippen molar-refractivity contribution in [3.63, 3.8) is 0 Å². The summed E-state index contributed by atoms with van der Waals surface area (Å²) in [5.41, 5.74) is 5.00. The maximum absolute atomic E-state index is 12.3. The average molecular weight is 307 g/mol. The predicted molar refractivity (Wildman–Crippen MR) is 78.4 cm³/mol. The second kappa shape index (κ2) is 5.96. The Morgan fingerprint density at radius 3 is 2.64 bits per heavy atom. The number of esters is 1. The normalized spacial score (nSPS) is 11.1. The van der Waals surface area contributed by atoms with Gasteiger partial charge in [0.25, 0.3) is 5.56 Å². The standard InChI is InChI=1S/C13H17N5O4/c1-4-22-7(19)5-18-10-8(12(21)17-13(14)16-10)15-11(18)9(20)6(2)3/h6H,4-5H2,1-3H3,(H3,14,16,17,21). The van der Waals surface area contributed by atoms with Gasteiger partial charge in [0.1, 0.15) is 6.54 Å². The molecule has 0 aliphatic heterocycles. The van der Waals surface area contributed by atoms with E-state index < -0.39 is 11.5 Å². The number of hydrogen-bond acceptors (Lipinski definition) is 7. The summed E-state index contributed by atoms with van der Waals surface area (Å²) < 4.78 is 6.14. The van der Waals surface area contributed by atoms with E-state index in [1.807, 2.05) is 0 Å². The molecule has 2 heterocycles. The van der Waals surface area contributed by atoms with Gasteiger partial charge in [0.15, 0.2) is 17.0 Å². The van der Waals surface area contributed by atoms with Gasteiger partial charge in [0.05, 0.1) is 6.61 Å². The molecule has 0 aliphatic carbocycles. The molecule has 22 heavy (non-hydrogen) atoms. The summed E-state index contributed by atoms with van der Waals surface area (Å²) in [6, 6.07) is 0. The largest absolute Gasteiger partial charge is 0.465 e. The first-order valence-electron chi connectivity index (χ1n) is 6.81. The van der Waals surface area contributed by atoms with Crippen LogP contribution in [0.3, 0.4) is 0 Å². The Kier molecular flexibility index (Phi) is 4.25. The Hall–Kier alpha value is -2.71. The van der Waals surface area contributed by atoms with Crippen LogP contribution in [0.2, 0.25) is 0 Å². The van der Waals surface area contributed by atoms with Crippen LogP contribution in [0.1, 0.15) is 31.4 Å². The molecule has 9 nitrogen and oxygen atoms in total. The van der Waals surface area contributed by atoms with E-state index in [2.05, 4.69) is 15.0 Å². The van der Waals surface area contributed by atoms with Crippen LogP contribution in [-0.4, -0.2) is 37.9 Å². The Morgan fingerprint density at radius 2 is 2.05 bits per heavy atom. The molecule has 0 atom stereocenters. The molecule has 118 valence electrons. The van der Waals surface area contributed by atoms with Gasteiger partial charge in [-0.1, -0.05) is 13.8 Å². The predicted octanol–water partition coefficient (Wildman–Crippen LogP) is 0.104. The van der Waals surface area contributed by atoms with Crippen LogP contribution in [0.5, 0.6) is 0 Å². The maximum atomic E-state index is 12.3. The number of nitrogens with one attached hydrogen (secondary N) is 1. The number of Topliss-reactive ketones (excluding diaryl/α,β-unsaturated/α-hetero) is 1. The van der Waals surface area contributed by atoms with Crippen LogP contribution in [-0.2, 0) is 16.1 Å². The molecular formula is C13H17N5O4. The molecule has 3 N–H and O–H groups in total. The zero-order chi connectivity index (χ0) is 16.4. The third-order valence-corrected chi connectivity index (χ3v) is 2.96. The van der Waals surface area contributed by atoms with Gasteiger partial charge in [0.2, 0.25) is 11.7 Å². The van der Waals surface area contributed by atoms with Crippen molar-refractivity contribution < 1.29 is 14.3 Å². The van der Waals surface area contributed by atoms with E-state index in [1.54, 1.807) is 20.8 Å². The highest BCUT2D eigenvalue weighted by atomic mass is 16.5. The molecule has 0 unspecified atom stereocenters. The van der Waals surface area contributed by atoms with E-state index in [1.165, 1.54) is 4.57 Å². The molecular weight excluding hydrogens is 290 g/mol. The van der Waals surface area contributed by atoms with Crippen LogP contribution in [0.4, 0.5) is 5.95 Å². The number of fused-ring (bicyclic) bond motifs is 1. The zero-order valence-corrected chi connectivity index (χ0v) is 12.5. The first-order chi connectivity index (χ1) is 10.3. The SMILES string of the molecule is CCOC(=O)Cn1c(C(=O)C(C)C)nc2c(=O)[nH]c(N)nc21. The molecule has 2 aromatic heterocycles. The number of carbonyl (C=O) groups is 2. The number of nitrogen functional groups attached to an aromatic ring is 1. The highest BCUT2D eigenvalue weighted by molar-refractivity contribution is 5.97. The number of imidazole rings is 1. The smallest absolute Gasteiger partial charge is 0.326 e. The van der Waals surface area contributed by atoms with Crippen LogP contribution in [0, 0.1) is 5.92 Å². The third-order valence-electron chi connectivity index (χ3n) is 2.96. The molecule has 0 saturated carbocycles. The quantitative estimate of drug-likeness (QED) is 0.591. The van der Waals surface area contributed by atoms with Crippen LogP contribution < -0.4 is 11.3 Å². The van der Waals surface area contributed by atoms with Gasteiger partial charge in [0, 0.05) is 5.92 Å². The minimum Gasteiger partial charge on any atom is -0.465 e. The second-order valence-corrected chi connectivity index (χ2v) is 4.97. The Balaban J connectivity index is 2.67. The first kappa shape index (κ1) is 15.7. The van der Waals surface area contributed by atoms with E-state index in [9.17, 15) is 14.4 Å². The van der Waals surface area contributed by atoms with E-state index >= 15 is 0 Å². The first-order valence-corrected chi connectivity index (χ1v) is 6.81. The van der Waals surface area contributed by atoms with Crippen molar-refractivity contribution in [2.24, 2.45) is 5.92 Å². The topological polar surface area (TPSA) is 133 Å². The van der Waals surface area contributed by atoms with E-state index in [-0.39, 0.29) is 47.8 Å². The summed E-state index contributed by atoms with van der Waals surface area (Å²) >= 11 is 0. The maximum Gasteiger partial charge on any atom is 0.326 e. The summed E-state index contributed by atoms with van der Waals surface area (Å²) in [6.45, 7) is 5.00. The Bertz CT molecular complexity index is 790. The van der Waals surface area contributed by atoms with Gasteiger partial charge in [-0.25, -0.2) is 4.98 Å². The van der Waals surface area contributed by atoms with Crippen molar-refractivity contribution >= 4 is 28.9 Å². The highest BCUT2D eigenvalue weighted by Crippen LogP contribution is 2.15. The van der Waals surface area contributed by atoms with Crippen molar-refractivity contribution in [2.45, 2.75) is 27.3 Å². The number of nitrogens with two attached hydrogens (primary N) is 1. The van der Waals surface area contributed by atoms with E-state index in [4.69, 9.17) is 10.5 Å². The molecule has 0 aromatic carbocycles. The molecule has 2 rings (SSSR count). The van der Waals surface area contributed by atoms with Crippen molar-refractivity contribution in [2.75, 3.05) is 12.3 Å². The number of aromatic amines is 1. The van der Waals surface area contributed by atoms with E-state index in [0.29, 0.717) is 0 Å². The van der Waals surface area contributed by atoms with Crippen LogP contribution in [0.25, 0.3) is 11.2 Å². The van der Waals surface area contributed by atoms with Gasteiger partial charge in [-0.05, 0) is 6.92 Å². The summed E-state index contributed by atoms with van der Waals surface area (Å²) in [6.07, 6.45) is 0. The lowest BCUT2D eigenvalue weighted by Gasteiger charge is -2.08. The number of aromatic nitrogens is 4. The van der Waals surface area contributed by atoms with E-state index in [0.717, 1.165) is 0 Å². The molecule has 0 spiro atoms. The number of hydrogen-bond donors (Lipinski definition) is 2. The van der Waals surface area contributed by atoms with Crippen molar-refractivity contribution in [3.05, 3.63) is 16.2 Å². The minimum atomic E-state index is -0.567. The summed E-state index contributed by atoms with van der Waals surface area (Å²) in [4.78, 5) is 46.2. The Morgan fingerprint density at radius 1 is 1.36 bits per heavy atom. The minimum absolute atomic E-state index is 0.0124. The molecule has 0 aliphatic rings. The number of ketones is 1. The Labute approximate surface area is 125 Å². The number of nitrogens with zero attached hydrogens (tertiary/aromatic N) is 3. The summed E-state index contributed by atoms with van der Waals surface area (Å²) in [5, 5.41) is 0.